The van der Waals surface area contributed by atoms with Gasteiger partial charge < -0.3 is 10.6 Å². The second-order valence-corrected chi connectivity index (χ2v) is 5.47. The zero-order chi connectivity index (χ0) is 14.5. The molecule has 2 N–H and O–H groups in total. The summed E-state index contributed by atoms with van der Waals surface area (Å²) in [6.45, 7) is 5.76. The van der Waals surface area contributed by atoms with Gasteiger partial charge in [0.1, 0.15) is 5.82 Å². The molecule has 0 saturated heterocycles. The van der Waals surface area contributed by atoms with E-state index < -0.39 is 0 Å². The van der Waals surface area contributed by atoms with Crippen LogP contribution < -0.4 is 10.6 Å². The average molecular weight is 290 g/mol. The molecule has 0 atom stereocenters. The number of anilines is 3. The molecular weight excluding hydrogens is 272 g/mol. The van der Waals surface area contributed by atoms with E-state index >= 15 is 0 Å². The van der Waals surface area contributed by atoms with Gasteiger partial charge in [-0.05, 0) is 24.3 Å². The van der Waals surface area contributed by atoms with Crippen LogP contribution in [0.3, 0.4) is 0 Å². The van der Waals surface area contributed by atoms with Crippen LogP contribution in [0.4, 0.5) is 16.5 Å². The molecule has 1 amide bonds. The van der Waals surface area contributed by atoms with Crippen molar-refractivity contribution in [3.8, 4) is 0 Å². The van der Waals surface area contributed by atoms with Crippen molar-refractivity contribution in [3.05, 3.63) is 30.1 Å². The van der Waals surface area contributed by atoms with Gasteiger partial charge in [-0.1, -0.05) is 20.8 Å². The fourth-order valence-electron chi connectivity index (χ4n) is 1.50. The van der Waals surface area contributed by atoms with Crippen molar-refractivity contribution >= 4 is 33.9 Å². The molecule has 0 bridgehead atoms. The summed E-state index contributed by atoms with van der Waals surface area (Å²) in [5.74, 6) is 0.836. The maximum atomic E-state index is 11.6. The smallest absolute Gasteiger partial charge is 0.226 e. The largest absolute Gasteiger partial charge is 0.330 e. The van der Waals surface area contributed by atoms with Gasteiger partial charge in [0.2, 0.25) is 11.0 Å². The Bertz CT molecular complexity index is 577. The van der Waals surface area contributed by atoms with Crippen molar-refractivity contribution in [3.63, 3.8) is 0 Å². The number of hydrogen-bond acceptors (Lipinski definition) is 5. The number of nitrogens with zero attached hydrogens (tertiary/aromatic N) is 2. The minimum atomic E-state index is -0.0262. The summed E-state index contributed by atoms with van der Waals surface area (Å²) in [6, 6.07) is 7.54. The number of carbonyl (C=O) groups excluding carboxylic acids is 1. The molecule has 0 saturated carbocycles. The van der Waals surface area contributed by atoms with Crippen molar-refractivity contribution in [1.82, 2.24) is 9.36 Å². The van der Waals surface area contributed by atoms with Gasteiger partial charge in [0.05, 0.1) is 0 Å². The molecule has 0 spiro atoms. The van der Waals surface area contributed by atoms with Crippen molar-refractivity contribution in [2.45, 2.75) is 27.2 Å². The average Bonchev–Trinajstić information content (AvgIpc) is 2.88. The molecule has 5 nitrogen and oxygen atoms in total. The van der Waals surface area contributed by atoms with Crippen molar-refractivity contribution in [2.75, 3.05) is 10.6 Å². The minimum Gasteiger partial charge on any atom is -0.330 e. The van der Waals surface area contributed by atoms with Crippen LogP contribution in [0.25, 0.3) is 0 Å². The van der Waals surface area contributed by atoms with Crippen LogP contribution in [0.15, 0.2) is 24.3 Å². The van der Waals surface area contributed by atoms with E-state index in [1.807, 2.05) is 45.0 Å². The molecule has 0 aliphatic carbocycles. The third kappa shape index (κ3) is 3.77. The summed E-state index contributed by atoms with van der Waals surface area (Å²) in [6.07, 6.45) is 0.832. The summed E-state index contributed by atoms with van der Waals surface area (Å²) in [5.41, 5.74) is 1.71. The Morgan fingerprint density at radius 1 is 1.25 bits per heavy atom. The molecule has 0 aliphatic rings. The summed E-state index contributed by atoms with van der Waals surface area (Å²) in [4.78, 5) is 15.9. The normalized spacial score (nSPS) is 10.6. The number of hydrogen-bond donors (Lipinski definition) is 2. The Morgan fingerprint density at radius 3 is 2.45 bits per heavy atom. The highest BCUT2D eigenvalue weighted by atomic mass is 32.1. The Labute approximate surface area is 122 Å². The topological polar surface area (TPSA) is 66.9 Å². The zero-order valence-corrected chi connectivity index (χ0v) is 12.6. The van der Waals surface area contributed by atoms with Gasteiger partial charge in [-0.3, -0.25) is 4.79 Å². The van der Waals surface area contributed by atoms with Gasteiger partial charge in [0.15, 0.2) is 0 Å². The maximum Gasteiger partial charge on any atom is 0.226 e. The van der Waals surface area contributed by atoms with Gasteiger partial charge >= 0.3 is 0 Å². The van der Waals surface area contributed by atoms with Gasteiger partial charge in [-0.2, -0.15) is 4.37 Å². The second-order valence-electron chi connectivity index (χ2n) is 4.72. The molecule has 106 valence electrons. The summed E-state index contributed by atoms with van der Waals surface area (Å²) < 4.78 is 4.22. The molecule has 6 heteroatoms. The van der Waals surface area contributed by atoms with Crippen LogP contribution in [0.1, 0.15) is 26.6 Å². The summed E-state index contributed by atoms with van der Waals surface area (Å²) in [5, 5.41) is 6.83. The summed E-state index contributed by atoms with van der Waals surface area (Å²) >= 11 is 1.35. The van der Waals surface area contributed by atoms with Crippen molar-refractivity contribution in [1.29, 1.82) is 0 Å². The zero-order valence-electron chi connectivity index (χ0n) is 11.8. The van der Waals surface area contributed by atoms with E-state index in [4.69, 9.17) is 0 Å². The van der Waals surface area contributed by atoms with E-state index in [0.717, 1.165) is 28.8 Å². The molecule has 1 heterocycles. The lowest BCUT2D eigenvalue weighted by Crippen LogP contribution is -2.17. The van der Waals surface area contributed by atoms with E-state index in [1.165, 1.54) is 11.5 Å². The minimum absolute atomic E-state index is 0.0161. The Balaban J connectivity index is 1.99. The summed E-state index contributed by atoms with van der Waals surface area (Å²) in [7, 11) is 0. The number of aromatic nitrogens is 2. The van der Waals surface area contributed by atoms with Crippen LogP contribution in [0, 0.1) is 5.92 Å². The lowest BCUT2D eigenvalue weighted by molar-refractivity contribution is -0.118. The van der Waals surface area contributed by atoms with E-state index in [-0.39, 0.29) is 11.8 Å². The van der Waals surface area contributed by atoms with Crippen LogP contribution in [0.2, 0.25) is 0 Å². The predicted molar refractivity (Wildman–Crippen MR) is 82.5 cm³/mol. The van der Waals surface area contributed by atoms with E-state index in [0.29, 0.717) is 0 Å². The quantitative estimate of drug-likeness (QED) is 0.885. The fourth-order valence-corrected chi connectivity index (χ4v) is 2.17. The number of carbonyl (C=O) groups is 1. The molecule has 20 heavy (non-hydrogen) atoms. The SMILES string of the molecule is CCc1nsc(Nc2ccc(NC(=O)C(C)C)cc2)n1. The molecule has 0 unspecified atom stereocenters. The highest BCUT2D eigenvalue weighted by molar-refractivity contribution is 7.09. The highest BCUT2D eigenvalue weighted by Gasteiger charge is 2.07. The third-order valence-corrected chi connectivity index (χ3v) is 3.38. The molecule has 0 radical (unpaired) electrons. The third-order valence-electron chi connectivity index (χ3n) is 2.71. The van der Waals surface area contributed by atoms with Crippen LogP contribution in [0.5, 0.6) is 0 Å². The first-order valence-corrected chi connectivity index (χ1v) is 7.36. The van der Waals surface area contributed by atoms with Crippen LogP contribution >= 0.6 is 11.5 Å². The van der Waals surface area contributed by atoms with Crippen LogP contribution in [-0.4, -0.2) is 15.3 Å². The first kappa shape index (κ1) is 14.5. The maximum absolute atomic E-state index is 11.6. The highest BCUT2D eigenvalue weighted by Crippen LogP contribution is 2.20. The molecule has 1 aromatic heterocycles. The number of benzene rings is 1. The number of rotatable bonds is 5. The molecular formula is C14H18N4OS. The molecule has 1 aromatic carbocycles. The predicted octanol–water partition coefficient (Wildman–Crippen LogP) is 3.44. The molecule has 0 aliphatic heterocycles. The standard InChI is InChI=1S/C14H18N4OS/c1-4-12-17-14(20-18-12)16-11-7-5-10(6-8-11)15-13(19)9(2)3/h5-9H,4H2,1-3H3,(H,15,19)(H,16,17,18). The number of nitrogens with one attached hydrogen (secondary N) is 2. The van der Waals surface area contributed by atoms with Gasteiger partial charge in [-0.15, -0.1) is 0 Å². The molecule has 0 fully saturated rings. The van der Waals surface area contributed by atoms with Gasteiger partial charge in [0, 0.05) is 35.2 Å². The van der Waals surface area contributed by atoms with E-state index in [2.05, 4.69) is 20.0 Å². The van der Waals surface area contributed by atoms with E-state index in [1.54, 1.807) is 0 Å². The lowest BCUT2D eigenvalue weighted by Gasteiger charge is -2.08. The molecule has 2 aromatic rings. The van der Waals surface area contributed by atoms with Crippen LogP contribution in [-0.2, 0) is 11.2 Å². The van der Waals surface area contributed by atoms with Crippen molar-refractivity contribution in [2.24, 2.45) is 5.92 Å². The van der Waals surface area contributed by atoms with Crippen molar-refractivity contribution < 1.29 is 4.79 Å². The lowest BCUT2D eigenvalue weighted by atomic mass is 10.2. The number of aryl methyl sites for hydroxylation is 1. The Morgan fingerprint density at radius 2 is 1.90 bits per heavy atom. The second kappa shape index (κ2) is 6.47. The Kier molecular flexibility index (Phi) is 4.68. The van der Waals surface area contributed by atoms with Gasteiger partial charge in [0.25, 0.3) is 0 Å². The first-order valence-electron chi connectivity index (χ1n) is 6.59. The fraction of sp³-hybridized carbons (Fsp3) is 0.357. The number of amides is 1. The monoisotopic (exact) mass is 290 g/mol. The Hall–Kier alpha value is -1.95. The molecule has 2 rings (SSSR count). The van der Waals surface area contributed by atoms with Gasteiger partial charge in [-0.25, -0.2) is 4.98 Å². The first-order chi connectivity index (χ1) is 9.58. The van der Waals surface area contributed by atoms with E-state index in [9.17, 15) is 4.79 Å².